The molecule has 3 rings (SSSR count). The first-order valence-electron chi connectivity index (χ1n) is 13.4. The van der Waals surface area contributed by atoms with Crippen molar-refractivity contribution in [2.24, 2.45) is 5.92 Å². The van der Waals surface area contributed by atoms with Crippen LogP contribution in [0.1, 0.15) is 39.2 Å². The summed E-state index contributed by atoms with van der Waals surface area (Å²) in [6, 6.07) is 9.32. The Morgan fingerprint density at radius 3 is 2.21 bits per heavy atom. The van der Waals surface area contributed by atoms with Crippen molar-refractivity contribution in [2.45, 2.75) is 64.7 Å². The fourth-order valence-corrected chi connectivity index (χ4v) is 3.94. The number of rotatable bonds is 15. The smallest absolute Gasteiger partial charge is 0.305 e. The van der Waals surface area contributed by atoms with Crippen LogP contribution in [0.2, 0.25) is 0 Å². The monoisotopic (exact) mass is 614 g/mol. The number of amides is 3. The van der Waals surface area contributed by atoms with Crippen LogP contribution in [-0.4, -0.2) is 77.9 Å². The maximum Gasteiger partial charge on any atom is 0.305 e. The summed E-state index contributed by atoms with van der Waals surface area (Å²) in [5.41, 5.74) is 1.61. The summed E-state index contributed by atoms with van der Waals surface area (Å²) in [4.78, 5) is 67.6. The predicted molar refractivity (Wildman–Crippen MR) is 157 cm³/mol. The van der Waals surface area contributed by atoms with E-state index in [9.17, 15) is 29.1 Å². The van der Waals surface area contributed by atoms with Crippen LogP contribution in [0.15, 0.2) is 54.9 Å². The number of carbonyl (C=O) groups excluding carboxylic acids is 4. The lowest BCUT2D eigenvalue weighted by molar-refractivity contribution is -0.140. The number of benzene rings is 1. The zero-order valence-electron chi connectivity index (χ0n) is 24.0. The van der Waals surface area contributed by atoms with E-state index < -0.39 is 54.7 Å². The van der Waals surface area contributed by atoms with Crippen LogP contribution in [0.25, 0.3) is 11.4 Å². The van der Waals surface area contributed by atoms with Crippen molar-refractivity contribution < 1.29 is 29.1 Å². The van der Waals surface area contributed by atoms with Gasteiger partial charge in [0, 0.05) is 24.4 Å². The molecule has 15 heteroatoms. The molecule has 3 amide bonds. The zero-order valence-corrected chi connectivity index (χ0v) is 24.8. The molecule has 0 aliphatic rings. The standard InChI is InChI=1S/C28H34N8O6.ClH/c1-17(2)25(32-23(38)10-9-19-7-5-4-6-8-19)28(42)30-18(3)27(41)31-21(15-24(39)40)22(37)16-36-34-26(33-35-36)20-11-13-29-14-12-20;/h4-8,11-14,17-18,21,25H,9-10,15-16H2,1-3H3,(H,30,42)(H,31,41)(H,32,38)(H,39,40);1H/t18-,21?,25-;/m0./s1. The van der Waals surface area contributed by atoms with E-state index in [0.717, 1.165) is 10.4 Å². The molecule has 3 aromatic rings. The summed E-state index contributed by atoms with van der Waals surface area (Å²) in [6.45, 7) is 4.46. The normalized spacial score (nSPS) is 12.7. The van der Waals surface area contributed by atoms with Gasteiger partial charge in [0.15, 0.2) is 5.78 Å². The number of carbonyl (C=O) groups is 5. The number of hydrogen-bond donors (Lipinski definition) is 4. The first kappa shape index (κ1) is 34.5. The van der Waals surface area contributed by atoms with Crippen molar-refractivity contribution in [3.63, 3.8) is 0 Å². The molecule has 0 fully saturated rings. The van der Waals surface area contributed by atoms with E-state index in [1.54, 1.807) is 38.4 Å². The van der Waals surface area contributed by atoms with Gasteiger partial charge >= 0.3 is 5.97 Å². The van der Waals surface area contributed by atoms with Gasteiger partial charge in [0.05, 0.1) is 6.42 Å². The molecule has 0 aliphatic heterocycles. The number of tetrazole rings is 1. The Kier molecular flexibility index (Phi) is 13.4. The van der Waals surface area contributed by atoms with Crippen molar-refractivity contribution in [3.8, 4) is 11.4 Å². The van der Waals surface area contributed by atoms with Gasteiger partial charge in [-0.05, 0) is 42.2 Å². The summed E-state index contributed by atoms with van der Waals surface area (Å²) >= 11 is 0. The average molecular weight is 615 g/mol. The molecular weight excluding hydrogens is 580 g/mol. The van der Waals surface area contributed by atoms with Crippen LogP contribution >= 0.6 is 12.4 Å². The van der Waals surface area contributed by atoms with Crippen LogP contribution in [0, 0.1) is 5.92 Å². The maximum atomic E-state index is 13.0. The quantitative estimate of drug-likeness (QED) is 0.191. The number of ketones is 1. The van der Waals surface area contributed by atoms with E-state index in [0.29, 0.717) is 12.0 Å². The molecule has 2 aromatic heterocycles. The number of aliphatic carboxylic acids is 1. The Balaban J connectivity index is 0.00000645. The fraction of sp³-hybridized carbons (Fsp3) is 0.393. The average Bonchev–Trinajstić information content (AvgIpc) is 3.43. The molecule has 0 saturated carbocycles. The third-order valence-corrected chi connectivity index (χ3v) is 6.27. The zero-order chi connectivity index (χ0) is 30.6. The van der Waals surface area contributed by atoms with Crippen LogP contribution in [0.3, 0.4) is 0 Å². The number of halogens is 1. The topological polar surface area (TPSA) is 198 Å². The lowest BCUT2D eigenvalue weighted by atomic mass is 10.0. The molecule has 4 N–H and O–H groups in total. The van der Waals surface area contributed by atoms with Crippen LogP contribution in [-0.2, 0) is 36.9 Å². The number of Topliss-reactive ketones (excluding diaryl/α,β-unsaturated/α-hetero) is 1. The van der Waals surface area contributed by atoms with Crippen molar-refractivity contribution in [1.29, 1.82) is 0 Å². The Labute approximate surface area is 254 Å². The number of nitrogens with zero attached hydrogens (tertiary/aromatic N) is 5. The molecule has 43 heavy (non-hydrogen) atoms. The minimum Gasteiger partial charge on any atom is -0.481 e. The van der Waals surface area contributed by atoms with Gasteiger partial charge in [-0.25, -0.2) is 0 Å². The molecule has 0 spiro atoms. The number of aryl methyl sites for hydroxylation is 1. The molecule has 0 saturated heterocycles. The number of carboxylic acids is 1. The fourth-order valence-electron chi connectivity index (χ4n) is 3.94. The number of carboxylic acid groups (broad SMARTS) is 1. The van der Waals surface area contributed by atoms with E-state index in [1.165, 1.54) is 6.92 Å². The van der Waals surface area contributed by atoms with Crippen LogP contribution in [0.4, 0.5) is 0 Å². The molecule has 0 bridgehead atoms. The van der Waals surface area contributed by atoms with Crippen molar-refractivity contribution in [3.05, 3.63) is 60.4 Å². The van der Waals surface area contributed by atoms with Crippen molar-refractivity contribution in [2.75, 3.05) is 0 Å². The number of nitrogens with one attached hydrogen (secondary N) is 3. The SMILES string of the molecule is CC(C)[C@H](NC(=O)CCc1ccccc1)C(=O)N[C@@H](C)C(=O)NC(CC(=O)O)C(=O)Cn1nnc(-c2ccncc2)n1.Cl. The Hall–Kier alpha value is -4.72. The minimum absolute atomic E-state index is 0. The molecular formula is C28H35ClN8O6. The summed E-state index contributed by atoms with van der Waals surface area (Å²) < 4.78 is 0. The third-order valence-electron chi connectivity index (χ3n) is 6.27. The number of pyridine rings is 1. The van der Waals surface area contributed by atoms with Crippen molar-refractivity contribution >= 4 is 41.9 Å². The van der Waals surface area contributed by atoms with Gasteiger partial charge in [-0.15, -0.1) is 22.6 Å². The van der Waals surface area contributed by atoms with Gasteiger partial charge in [0.2, 0.25) is 23.5 Å². The van der Waals surface area contributed by atoms with E-state index >= 15 is 0 Å². The highest BCUT2D eigenvalue weighted by molar-refractivity contribution is 5.95. The second-order valence-electron chi connectivity index (χ2n) is 10.0. The molecule has 2 heterocycles. The Morgan fingerprint density at radius 1 is 0.907 bits per heavy atom. The second-order valence-corrected chi connectivity index (χ2v) is 10.0. The maximum absolute atomic E-state index is 13.0. The summed E-state index contributed by atoms with van der Waals surface area (Å²) in [6.07, 6.45) is 3.08. The lowest BCUT2D eigenvalue weighted by Gasteiger charge is -2.25. The molecule has 0 aliphatic carbocycles. The van der Waals surface area contributed by atoms with Gasteiger partial charge in [-0.2, -0.15) is 4.80 Å². The largest absolute Gasteiger partial charge is 0.481 e. The summed E-state index contributed by atoms with van der Waals surface area (Å²) in [7, 11) is 0. The first-order chi connectivity index (χ1) is 20.0. The minimum atomic E-state index is -1.41. The Morgan fingerprint density at radius 2 is 1.58 bits per heavy atom. The van der Waals surface area contributed by atoms with Crippen LogP contribution in [0.5, 0.6) is 0 Å². The Bertz CT molecular complexity index is 1390. The molecule has 0 radical (unpaired) electrons. The van der Waals surface area contributed by atoms with Gasteiger partial charge in [0.25, 0.3) is 0 Å². The summed E-state index contributed by atoms with van der Waals surface area (Å²) in [5, 5.41) is 28.8. The highest BCUT2D eigenvalue weighted by Crippen LogP contribution is 2.11. The van der Waals surface area contributed by atoms with E-state index in [4.69, 9.17) is 0 Å². The molecule has 1 aromatic carbocycles. The third kappa shape index (κ3) is 10.9. The van der Waals surface area contributed by atoms with Crippen LogP contribution < -0.4 is 16.0 Å². The lowest BCUT2D eigenvalue weighted by Crippen LogP contribution is -2.56. The van der Waals surface area contributed by atoms with Gasteiger partial charge in [0.1, 0.15) is 24.7 Å². The van der Waals surface area contributed by atoms with Gasteiger partial charge in [-0.1, -0.05) is 44.2 Å². The molecule has 3 atom stereocenters. The highest BCUT2D eigenvalue weighted by atomic mass is 35.5. The first-order valence-corrected chi connectivity index (χ1v) is 13.4. The number of aromatic nitrogens is 5. The van der Waals surface area contributed by atoms with E-state index in [-0.39, 0.29) is 36.5 Å². The number of hydrogen-bond acceptors (Lipinski definition) is 9. The molecule has 14 nitrogen and oxygen atoms in total. The highest BCUT2D eigenvalue weighted by Gasteiger charge is 2.30. The second kappa shape index (κ2) is 16.7. The van der Waals surface area contributed by atoms with E-state index in [1.807, 2.05) is 30.3 Å². The summed E-state index contributed by atoms with van der Waals surface area (Å²) in [5.74, 6) is -3.70. The van der Waals surface area contributed by atoms with E-state index in [2.05, 4.69) is 36.3 Å². The molecule has 1 unspecified atom stereocenters. The molecule has 230 valence electrons. The van der Waals surface area contributed by atoms with Gasteiger partial charge in [-0.3, -0.25) is 29.0 Å². The van der Waals surface area contributed by atoms with Gasteiger partial charge < -0.3 is 21.1 Å². The van der Waals surface area contributed by atoms with Crippen molar-refractivity contribution in [1.82, 2.24) is 41.1 Å². The predicted octanol–water partition coefficient (Wildman–Crippen LogP) is 0.964.